The average Bonchev–Trinajstić information content (AvgIpc) is 2.43. The highest BCUT2D eigenvalue weighted by molar-refractivity contribution is 7.61. The Bertz CT molecular complexity index is 561. The van der Waals surface area contributed by atoms with E-state index in [9.17, 15) is 9.36 Å². The number of rotatable bonds is 5. The Morgan fingerprint density at radius 1 is 1.35 bits per heavy atom. The van der Waals surface area contributed by atoms with Gasteiger partial charge in [0.25, 0.3) is 0 Å². The Labute approximate surface area is 141 Å². The summed E-state index contributed by atoms with van der Waals surface area (Å²) in [6.45, 7) is 10.8. The Kier molecular flexibility index (Phi) is 5.43. The smallest absolute Gasteiger partial charge is 0.222 e. The molecule has 0 N–H and O–H groups in total. The topological polar surface area (TPSA) is 43.4 Å². The van der Waals surface area contributed by atoms with Crippen molar-refractivity contribution in [2.75, 3.05) is 13.3 Å². The molecule has 3 nitrogen and oxygen atoms in total. The minimum atomic E-state index is -2.72. The predicted octanol–water partition coefficient (Wildman–Crippen LogP) is 5.42. The van der Waals surface area contributed by atoms with Crippen LogP contribution in [0, 0.1) is 22.7 Å². The third-order valence-electron chi connectivity index (χ3n) is 5.99. The molecule has 4 atom stereocenters. The number of allylic oxidation sites excluding steroid dienone is 3. The van der Waals surface area contributed by atoms with Gasteiger partial charge >= 0.3 is 0 Å². The molecule has 0 aromatic heterocycles. The van der Waals surface area contributed by atoms with Crippen molar-refractivity contribution in [2.45, 2.75) is 53.4 Å². The highest BCUT2D eigenvalue weighted by Gasteiger charge is 2.52. The van der Waals surface area contributed by atoms with E-state index in [-0.39, 0.29) is 16.7 Å². The SMILES string of the molecule is CCOP(C)(=O)/C=C/C1=CCC2C(C)(C)CCC[C@]2(C)[C@H]1C=O. The highest BCUT2D eigenvalue weighted by Crippen LogP contribution is 2.59. The quantitative estimate of drug-likeness (QED) is 0.496. The lowest BCUT2D eigenvalue weighted by Crippen LogP contribution is -2.49. The summed E-state index contributed by atoms with van der Waals surface area (Å²) in [6, 6.07) is 0. The fraction of sp³-hybridized carbons (Fsp3) is 0.737. The summed E-state index contributed by atoms with van der Waals surface area (Å²) in [4.78, 5) is 11.9. The first-order valence-corrected chi connectivity index (χ1v) is 10.9. The molecule has 0 bridgehead atoms. The summed E-state index contributed by atoms with van der Waals surface area (Å²) >= 11 is 0. The van der Waals surface area contributed by atoms with Crippen molar-refractivity contribution in [3.8, 4) is 0 Å². The molecule has 0 aromatic rings. The summed E-state index contributed by atoms with van der Waals surface area (Å²) in [5.41, 5.74) is 1.28. The molecule has 23 heavy (non-hydrogen) atoms. The zero-order valence-corrected chi connectivity index (χ0v) is 16.1. The van der Waals surface area contributed by atoms with E-state index in [0.29, 0.717) is 12.5 Å². The van der Waals surface area contributed by atoms with Crippen LogP contribution >= 0.6 is 7.37 Å². The number of fused-ring (bicyclic) bond motifs is 1. The van der Waals surface area contributed by atoms with Crippen LogP contribution in [0.5, 0.6) is 0 Å². The van der Waals surface area contributed by atoms with Crippen LogP contribution in [-0.4, -0.2) is 19.6 Å². The third kappa shape index (κ3) is 3.72. The molecular formula is C19H31O3P. The standard InChI is InChI=1S/C19H31O3P/c1-6-22-23(5,21)13-10-15-8-9-17-18(2,3)11-7-12-19(17,4)16(15)14-20/h8,10,13-14,16-17H,6-7,9,11-12H2,1-5H3/b13-10+/t16-,17?,19+,23?/m0/s1. The van der Waals surface area contributed by atoms with Gasteiger partial charge in [-0.1, -0.05) is 39.3 Å². The van der Waals surface area contributed by atoms with Gasteiger partial charge in [0.2, 0.25) is 7.37 Å². The molecule has 2 rings (SSSR count). The van der Waals surface area contributed by atoms with Crippen LogP contribution in [0.1, 0.15) is 53.4 Å². The third-order valence-corrected chi connectivity index (χ3v) is 7.46. The molecule has 0 radical (unpaired) electrons. The van der Waals surface area contributed by atoms with Crippen LogP contribution in [0.25, 0.3) is 0 Å². The van der Waals surface area contributed by atoms with E-state index < -0.39 is 7.37 Å². The molecule has 2 unspecified atom stereocenters. The van der Waals surface area contributed by atoms with Crippen molar-refractivity contribution in [1.82, 2.24) is 0 Å². The number of hydrogen-bond donors (Lipinski definition) is 0. The largest absolute Gasteiger partial charge is 0.326 e. The van der Waals surface area contributed by atoms with E-state index >= 15 is 0 Å². The second-order valence-corrected chi connectivity index (χ2v) is 10.5. The molecular weight excluding hydrogens is 307 g/mol. The Morgan fingerprint density at radius 3 is 2.65 bits per heavy atom. The van der Waals surface area contributed by atoms with Crippen LogP contribution in [0.4, 0.5) is 0 Å². The molecule has 0 saturated heterocycles. The van der Waals surface area contributed by atoms with E-state index in [1.807, 2.05) is 13.0 Å². The minimum absolute atomic E-state index is 0.00126. The van der Waals surface area contributed by atoms with E-state index in [2.05, 4.69) is 26.8 Å². The zero-order chi connectivity index (χ0) is 17.3. The van der Waals surface area contributed by atoms with Gasteiger partial charge in [-0.3, -0.25) is 4.57 Å². The van der Waals surface area contributed by atoms with Crippen molar-refractivity contribution in [2.24, 2.45) is 22.7 Å². The molecule has 0 heterocycles. The Hall–Kier alpha value is -0.660. The zero-order valence-electron chi connectivity index (χ0n) is 15.2. The molecule has 2 aliphatic rings. The van der Waals surface area contributed by atoms with Crippen molar-refractivity contribution < 1.29 is 13.9 Å². The molecule has 130 valence electrons. The molecule has 0 aromatic carbocycles. The van der Waals surface area contributed by atoms with Gasteiger partial charge in [0.15, 0.2) is 0 Å². The van der Waals surface area contributed by atoms with Crippen molar-refractivity contribution in [3.63, 3.8) is 0 Å². The predicted molar refractivity (Wildman–Crippen MR) is 95.8 cm³/mol. The van der Waals surface area contributed by atoms with E-state index in [1.165, 1.54) is 12.8 Å². The van der Waals surface area contributed by atoms with Crippen LogP contribution in [0.3, 0.4) is 0 Å². The summed E-state index contributed by atoms with van der Waals surface area (Å²) in [7, 11) is -2.72. The van der Waals surface area contributed by atoms with Crippen molar-refractivity contribution in [3.05, 3.63) is 23.5 Å². The van der Waals surface area contributed by atoms with Gasteiger partial charge in [0, 0.05) is 18.4 Å². The Balaban J connectivity index is 2.33. The van der Waals surface area contributed by atoms with Gasteiger partial charge in [0.05, 0.1) is 6.61 Å². The first-order chi connectivity index (χ1) is 10.7. The molecule has 1 saturated carbocycles. The molecule has 0 aliphatic heterocycles. The monoisotopic (exact) mass is 338 g/mol. The van der Waals surface area contributed by atoms with Gasteiger partial charge in [-0.25, -0.2) is 0 Å². The molecule has 2 aliphatic carbocycles. The number of carbonyl (C=O) groups excluding carboxylic acids is 1. The summed E-state index contributed by atoms with van der Waals surface area (Å²) in [6.07, 6.45) is 9.64. The fourth-order valence-electron chi connectivity index (χ4n) is 4.81. The van der Waals surface area contributed by atoms with Gasteiger partial charge in [-0.15, -0.1) is 0 Å². The maximum atomic E-state index is 12.3. The lowest BCUT2D eigenvalue weighted by atomic mass is 9.49. The van der Waals surface area contributed by atoms with Crippen molar-refractivity contribution >= 4 is 13.7 Å². The number of aldehydes is 1. The lowest BCUT2D eigenvalue weighted by molar-refractivity contribution is -0.119. The molecule has 0 amide bonds. The van der Waals surface area contributed by atoms with Crippen LogP contribution < -0.4 is 0 Å². The van der Waals surface area contributed by atoms with Crippen molar-refractivity contribution in [1.29, 1.82) is 0 Å². The summed E-state index contributed by atoms with van der Waals surface area (Å²) in [5, 5.41) is 0. The second-order valence-electron chi connectivity index (χ2n) is 8.10. The minimum Gasteiger partial charge on any atom is -0.326 e. The maximum absolute atomic E-state index is 12.3. The van der Waals surface area contributed by atoms with E-state index in [1.54, 1.807) is 12.5 Å². The first kappa shape index (κ1) is 18.7. The normalized spacial score (nSPS) is 36.1. The fourth-order valence-corrected chi connectivity index (χ4v) is 5.86. The van der Waals surface area contributed by atoms with E-state index in [4.69, 9.17) is 4.52 Å². The molecule has 4 heteroatoms. The van der Waals surface area contributed by atoms with Crippen LogP contribution in [-0.2, 0) is 13.9 Å². The summed E-state index contributed by atoms with van der Waals surface area (Å²) < 4.78 is 17.6. The van der Waals surface area contributed by atoms with Gasteiger partial charge in [-0.05, 0) is 48.5 Å². The van der Waals surface area contributed by atoms with Gasteiger partial charge < -0.3 is 9.32 Å². The summed E-state index contributed by atoms with van der Waals surface area (Å²) in [5.74, 6) is 2.08. The lowest BCUT2D eigenvalue weighted by Gasteiger charge is -2.55. The molecule has 1 fully saturated rings. The Morgan fingerprint density at radius 2 is 2.04 bits per heavy atom. The second kappa shape index (κ2) is 6.69. The molecule has 0 spiro atoms. The van der Waals surface area contributed by atoms with Crippen LogP contribution in [0.15, 0.2) is 23.5 Å². The first-order valence-electron chi connectivity index (χ1n) is 8.72. The number of carbonyl (C=O) groups is 1. The highest BCUT2D eigenvalue weighted by atomic mass is 31.2. The maximum Gasteiger partial charge on any atom is 0.222 e. The number of hydrogen-bond acceptors (Lipinski definition) is 3. The van der Waals surface area contributed by atoms with E-state index in [0.717, 1.165) is 24.7 Å². The van der Waals surface area contributed by atoms with Gasteiger partial charge in [0.1, 0.15) is 6.29 Å². The van der Waals surface area contributed by atoms with Gasteiger partial charge in [-0.2, -0.15) is 0 Å². The van der Waals surface area contributed by atoms with Crippen LogP contribution in [0.2, 0.25) is 0 Å². The average molecular weight is 338 g/mol.